The van der Waals surface area contributed by atoms with Gasteiger partial charge in [0.15, 0.2) is 11.6 Å². The molecule has 0 aromatic heterocycles. The van der Waals surface area contributed by atoms with Crippen LogP contribution >= 0.6 is 0 Å². The second kappa shape index (κ2) is 8.52. The number of benzene rings is 2. The maximum atomic E-state index is 13.4. The van der Waals surface area contributed by atoms with Crippen molar-refractivity contribution in [3.63, 3.8) is 0 Å². The molecule has 5 heteroatoms. The van der Waals surface area contributed by atoms with Crippen molar-refractivity contribution >= 4 is 0 Å². The summed E-state index contributed by atoms with van der Waals surface area (Å²) >= 11 is 0. The molecule has 1 N–H and O–H groups in total. The van der Waals surface area contributed by atoms with Gasteiger partial charge in [-0.1, -0.05) is 36.4 Å². The van der Waals surface area contributed by atoms with Gasteiger partial charge in [0.1, 0.15) is 0 Å². The molecule has 1 aliphatic rings. The van der Waals surface area contributed by atoms with Gasteiger partial charge in [-0.2, -0.15) is 0 Å². The van der Waals surface area contributed by atoms with Gasteiger partial charge in [-0.15, -0.1) is 0 Å². The van der Waals surface area contributed by atoms with Crippen LogP contribution in [-0.2, 0) is 13.1 Å². The molecule has 1 saturated heterocycles. The summed E-state index contributed by atoms with van der Waals surface area (Å²) in [6.07, 6.45) is 0.676. The first-order valence-corrected chi connectivity index (χ1v) is 8.71. The minimum absolute atomic E-state index is 0.123. The van der Waals surface area contributed by atoms with Crippen LogP contribution in [0.4, 0.5) is 8.78 Å². The van der Waals surface area contributed by atoms with Gasteiger partial charge >= 0.3 is 0 Å². The fraction of sp³-hybridized carbons (Fsp3) is 0.400. The highest BCUT2D eigenvalue weighted by molar-refractivity contribution is 5.18. The van der Waals surface area contributed by atoms with Crippen molar-refractivity contribution in [2.45, 2.75) is 25.6 Å². The van der Waals surface area contributed by atoms with E-state index in [-0.39, 0.29) is 12.6 Å². The first kappa shape index (κ1) is 18.0. The molecule has 0 amide bonds. The molecule has 2 aromatic carbocycles. The van der Waals surface area contributed by atoms with E-state index in [2.05, 4.69) is 21.9 Å². The summed E-state index contributed by atoms with van der Waals surface area (Å²) in [5.74, 6) is -1.62. The van der Waals surface area contributed by atoms with E-state index in [1.807, 2.05) is 18.2 Å². The van der Waals surface area contributed by atoms with Crippen LogP contribution in [0.25, 0.3) is 0 Å². The van der Waals surface area contributed by atoms with Crippen LogP contribution in [0, 0.1) is 11.6 Å². The molecule has 3 nitrogen and oxygen atoms in total. The Hall–Kier alpha value is -1.82. The first-order valence-electron chi connectivity index (χ1n) is 8.71. The normalized spacial score (nSPS) is 19.2. The van der Waals surface area contributed by atoms with Gasteiger partial charge in [-0.05, 0) is 29.7 Å². The van der Waals surface area contributed by atoms with Crippen LogP contribution in [0.3, 0.4) is 0 Å². The number of halogens is 2. The Morgan fingerprint density at radius 2 is 1.72 bits per heavy atom. The van der Waals surface area contributed by atoms with Crippen LogP contribution < -0.4 is 0 Å². The topological polar surface area (TPSA) is 26.7 Å². The molecule has 3 rings (SSSR count). The monoisotopic (exact) mass is 346 g/mol. The third-order valence-electron chi connectivity index (χ3n) is 4.77. The van der Waals surface area contributed by atoms with E-state index in [1.54, 1.807) is 6.07 Å². The molecular formula is C20H24F2N2O. The summed E-state index contributed by atoms with van der Waals surface area (Å²) in [6.45, 7) is 4.21. The quantitative estimate of drug-likeness (QED) is 0.871. The third kappa shape index (κ3) is 4.84. The van der Waals surface area contributed by atoms with Gasteiger partial charge in [0.05, 0.1) is 0 Å². The lowest BCUT2D eigenvalue weighted by Gasteiger charge is -2.41. The van der Waals surface area contributed by atoms with Crippen LogP contribution in [0.15, 0.2) is 48.5 Å². The molecule has 1 heterocycles. The summed E-state index contributed by atoms with van der Waals surface area (Å²) < 4.78 is 26.5. The Bertz CT molecular complexity index is 681. The second-order valence-corrected chi connectivity index (χ2v) is 6.61. The van der Waals surface area contributed by atoms with Gasteiger partial charge in [-0.25, -0.2) is 8.78 Å². The average Bonchev–Trinajstić information content (AvgIpc) is 2.61. The van der Waals surface area contributed by atoms with Gasteiger partial charge in [0.25, 0.3) is 0 Å². The van der Waals surface area contributed by atoms with Crippen molar-refractivity contribution in [1.29, 1.82) is 0 Å². The predicted octanol–water partition coefficient (Wildman–Crippen LogP) is 3.03. The lowest BCUT2D eigenvalue weighted by molar-refractivity contribution is 0.0499. The summed E-state index contributed by atoms with van der Waals surface area (Å²) in [7, 11) is 0. The van der Waals surface area contributed by atoms with Crippen molar-refractivity contribution < 1.29 is 13.9 Å². The lowest BCUT2D eigenvalue weighted by atomic mass is 10.1. The largest absolute Gasteiger partial charge is 0.396 e. The van der Waals surface area contributed by atoms with Gasteiger partial charge in [0.2, 0.25) is 0 Å². The molecule has 1 fully saturated rings. The summed E-state index contributed by atoms with van der Waals surface area (Å²) in [4.78, 5) is 4.64. The number of piperazine rings is 1. The molecule has 0 bridgehead atoms. The van der Waals surface area contributed by atoms with Gasteiger partial charge in [-0.3, -0.25) is 9.80 Å². The summed E-state index contributed by atoms with van der Waals surface area (Å²) in [6, 6.07) is 14.6. The Morgan fingerprint density at radius 1 is 0.920 bits per heavy atom. The molecule has 2 aromatic rings. The van der Waals surface area contributed by atoms with Crippen molar-refractivity contribution in [2.75, 3.05) is 26.2 Å². The molecule has 25 heavy (non-hydrogen) atoms. The predicted molar refractivity (Wildman–Crippen MR) is 94.0 cm³/mol. The molecule has 1 aliphatic heterocycles. The maximum absolute atomic E-state index is 13.4. The van der Waals surface area contributed by atoms with E-state index < -0.39 is 11.6 Å². The third-order valence-corrected chi connectivity index (χ3v) is 4.77. The highest BCUT2D eigenvalue weighted by atomic mass is 19.2. The molecular weight excluding hydrogens is 322 g/mol. The Kier molecular flexibility index (Phi) is 6.13. The fourth-order valence-corrected chi connectivity index (χ4v) is 3.45. The second-order valence-electron chi connectivity index (χ2n) is 6.61. The zero-order valence-corrected chi connectivity index (χ0v) is 14.2. The molecule has 0 aliphatic carbocycles. The smallest absolute Gasteiger partial charge is 0.159 e. The lowest BCUT2D eigenvalue weighted by Crippen LogP contribution is -2.52. The van der Waals surface area contributed by atoms with E-state index >= 15 is 0 Å². The Labute approximate surface area is 147 Å². The van der Waals surface area contributed by atoms with Crippen molar-refractivity contribution in [1.82, 2.24) is 9.80 Å². The van der Waals surface area contributed by atoms with E-state index in [0.717, 1.165) is 31.7 Å². The van der Waals surface area contributed by atoms with Crippen LogP contribution in [-0.4, -0.2) is 47.2 Å². The highest BCUT2D eigenvalue weighted by Gasteiger charge is 2.26. The summed E-state index contributed by atoms with van der Waals surface area (Å²) in [5, 5.41) is 9.40. The van der Waals surface area contributed by atoms with Gasteiger partial charge in [0, 0.05) is 45.4 Å². The number of hydrogen-bond acceptors (Lipinski definition) is 3. The molecule has 0 spiro atoms. The van der Waals surface area contributed by atoms with E-state index in [9.17, 15) is 13.9 Å². The zero-order valence-electron chi connectivity index (χ0n) is 14.2. The number of hydrogen-bond donors (Lipinski definition) is 1. The highest BCUT2D eigenvalue weighted by Crippen LogP contribution is 2.19. The van der Waals surface area contributed by atoms with E-state index in [1.165, 1.54) is 17.7 Å². The first-order chi connectivity index (χ1) is 12.2. The minimum Gasteiger partial charge on any atom is -0.396 e. The molecule has 1 atom stereocenters. The Morgan fingerprint density at radius 3 is 2.44 bits per heavy atom. The van der Waals surface area contributed by atoms with Crippen molar-refractivity contribution in [3.05, 3.63) is 71.3 Å². The molecule has 0 unspecified atom stereocenters. The number of aliphatic hydroxyl groups is 1. The van der Waals surface area contributed by atoms with Crippen LogP contribution in [0.5, 0.6) is 0 Å². The Balaban J connectivity index is 1.64. The molecule has 0 radical (unpaired) electrons. The van der Waals surface area contributed by atoms with Crippen LogP contribution in [0.2, 0.25) is 0 Å². The average molecular weight is 346 g/mol. The SMILES string of the molecule is OCC[C@@H]1CN(Cc2ccccc2)CCN1Cc1ccc(F)c(F)c1. The van der Waals surface area contributed by atoms with E-state index in [0.29, 0.717) is 13.0 Å². The zero-order chi connectivity index (χ0) is 17.6. The van der Waals surface area contributed by atoms with Crippen LogP contribution in [0.1, 0.15) is 17.5 Å². The number of aliphatic hydroxyl groups excluding tert-OH is 1. The van der Waals surface area contributed by atoms with Crippen molar-refractivity contribution in [2.24, 2.45) is 0 Å². The summed E-state index contributed by atoms with van der Waals surface area (Å²) in [5.41, 5.74) is 2.04. The number of rotatable bonds is 6. The maximum Gasteiger partial charge on any atom is 0.159 e. The number of nitrogens with zero attached hydrogens (tertiary/aromatic N) is 2. The standard InChI is InChI=1S/C20H24F2N2O/c21-19-7-6-17(12-20(19)22)14-24-10-9-23(15-18(24)8-11-25)13-16-4-2-1-3-5-16/h1-7,12,18,25H,8-11,13-15H2/t18-/m1/s1. The van der Waals surface area contributed by atoms with Gasteiger partial charge < -0.3 is 5.11 Å². The molecule has 0 saturated carbocycles. The minimum atomic E-state index is -0.816. The van der Waals surface area contributed by atoms with Crippen molar-refractivity contribution in [3.8, 4) is 0 Å². The van der Waals surface area contributed by atoms with E-state index in [4.69, 9.17) is 0 Å². The molecule has 134 valence electrons. The fourth-order valence-electron chi connectivity index (χ4n) is 3.45.